The van der Waals surface area contributed by atoms with Gasteiger partial charge in [-0.25, -0.2) is 0 Å². The highest BCUT2D eigenvalue weighted by atomic mass is 35.5. The molecule has 0 atom stereocenters. The SMILES string of the molecule is C=C(Cl)\C=C/C(=C\C)C(=N/OC)/C1CC1. The second-order valence-corrected chi connectivity index (χ2v) is 3.94. The highest BCUT2D eigenvalue weighted by Gasteiger charge is 2.29. The van der Waals surface area contributed by atoms with Crippen molar-refractivity contribution in [3.05, 3.63) is 35.4 Å². The predicted molar refractivity (Wildman–Crippen MR) is 65.1 cm³/mol. The molecule has 0 amide bonds. The van der Waals surface area contributed by atoms with Crippen LogP contribution in [0.2, 0.25) is 0 Å². The predicted octanol–water partition coefficient (Wildman–Crippen LogP) is 3.65. The molecule has 3 heteroatoms. The van der Waals surface area contributed by atoms with Crippen molar-refractivity contribution in [1.29, 1.82) is 0 Å². The van der Waals surface area contributed by atoms with Crippen molar-refractivity contribution in [2.75, 3.05) is 7.11 Å². The van der Waals surface area contributed by atoms with E-state index >= 15 is 0 Å². The Labute approximate surface area is 95.9 Å². The maximum Gasteiger partial charge on any atom is 0.106 e. The van der Waals surface area contributed by atoms with Gasteiger partial charge in [0.2, 0.25) is 0 Å². The number of oxime groups is 1. The Balaban J connectivity index is 2.80. The van der Waals surface area contributed by atoms with Crippen molar-refractivity contribution in [1.82, 2.24) is 0 Å². The first-order chi connectivity index (χ1) is 7.19. The second-order valence-electron chi connectivity index (χ2n) is 3.46. The molecule has 0 aromatic carbocycles. The molecular formula is C12H16ClNO. The van der Waals surface area contributed by atoms with Crippen LogP contribution in [0.5, 0.6) is 0 Å². The summed E-state index contributed by atoms with van der Waals surface area (Å²) in [6, 6.07) is 0. The normalized spacial score (nSPS) is 18.3. The Bertz CT molecular complexity index is 325. The lowest BCUT2D eigenvalue weighted by Gasteiger charge is -2.04. The van der Waals surface area contributed by atoms with Crippen molar-refractivity contribution >= 4 is 17.3 Å². The van der Waals surface area contributed by atoms with Gasteiger partial charge in [-0.3, -0.25) is 0 Å². The van der Waals surface area contributed by atoms with Gasteiger partial charge in [0, 0.05) is 11.0 Å². The van der Waals surface area contributed by atoms with Gasteiger partial charge in [-0.05, 0) is 31.4 Å². The minimum atomic E-state index is 0.516. The molecule has 15 heavy (non-hydrogen) atoms. The number of hydrogen-bond acceptors (Lipinski definition) is 2. The lowest BCUT2D eigenvalue weighted by atomic mass is 10.1. The number of nitrogens with zero attached hydrogens (tertiary/aromatic N) is 1. The fourth-order valence-corrected chi connectivity index (χ4v) is 1.39. The third kappa shape index (κ3) is 3.92. The summed E-state index contributed by atoms with van der Waals surface area (Å²) in [7, 11) is 1.57. The van der Waals surface area contributed by atoms with E-state index in [9.17, 15) is 0 Å². The Morgan fingerprint density at radius 1 is 1.47 bits per heavy atom. The summed E-state index contributed by atoms with van der Waals surface area (Å²) >= 11 is 5.68. The zero-order valence-corrected chi connectivity index (χ0v) is 9.92. The van der Waals surface area contributed by atoms with E-state index in [0.717, 1.165) is 11.3 Å². The minimum Gasteiger partial charge on any atom is -0.399 e. The molecule has 1 aliphatic carbocycles. The van der Waals surface area contributed by atoms with Gasteiger partial charge in [-0.1, -0.05) is 35.5 Å². The quantitative estimate of drug-likeness (QED) is 0.398. The van der Waals surface area contributed by atoms with Gasteiger partial charge < -0.3 is 4.84 Å². The summed E-state index contributed by atoms with van der Waals surface area (Å²) < 4.78 is 0. The van der Waals surface area contributed by atoms with Gasteiger partial charge >= 0.3 is 0 Å². The third-order valence-electron chi connectivity index (χ3n) is 2.20. The molecule has 2 nitrogen and oxygen atoms in total. The van der Waals surface area contributed by atoms with Crippen LogP contribution in [-0.4, -0.2) is 12.8 Å². The Morgan fingerprint density at radius 2 is 2.13 bits per heavy atom. The smallest absolute Gasteiger partial charge is 0.106 e. The standard InChI is InChI=1S/C12H16ClNO/c1-4-10(6-5-9(2)13)12(14-15-3)11-7-8-11/h4-6,11H,2,7-8H2,1,3H3/b6-5-,10-4+,14-12-. The second kappa shape index (κ2) is 5.76. The average molecular weight is 226 g/mol. The van der Waals surface area contributed by atoms with Gasteiger partial charge in [0.1, 0.15) is 7.11 Å². The highest BCUT2D eigenvalue weighted by molar-refractivity contribution is 6.30. The fourth-order valence-electron chi connectivity index (χ4n) is 1.33. The molecule has 0 saturated heterocycles. The van der Waals surface area contributed by atoms with Gasteiger partial charge in [0.05, 0.1) is 5.71 Å². The molecule has 1 rings (SSSR count). The average Bonchev–Trinajstić information content (AvgIpc) is 3.00. The van der Waals surface area contributed by atoms with Gasteiger partial charge in [-0.2, -0.15) is 0 Å². The molecular weight excluding hydrogens is 210 g/mol. The molecule has 0 aromatic heterocycles. The number of rotatable bonds is 5. The zero-order chi connectivity index (χ0) is 11.3. The monoisotopic (exact) mass is 225 g/mol. The molecule has 0 unspecified atom stereocenters. The van der Waals surface area contributed by atoms with E-state index in [1.54, 1.807) is 13.2 Å². The molecule has 0 bridgehead atoms. The molecule has 0 aromatic rings. The molecule has 0 radical (unpaired) electrons. The van der Waals surface area contributed by atoms with Crippen LogP contribution < -0.4 is 0 Å². The van der Waals surface area contributed by atoms with Crippen LogP contribution in [0.15, 0.2) is 40.6 Å². The van der Waals surface area contributed by atoms with E-state index < -0.39 is 0 Å². The number of halogens is 1. The molecule has 82 valence electrons. The minimum absolute atomic E-state index is 0.516. The lowest BCUT2D eigenvalue weighted by Crippen LogP contribution is -2.04. The largest absolute Gasteiger partial charge is 0.399 e. The maximum absolute atomic E-state index is 5.68. The Morgan fingerprint density at radius 3 is 2.53 bits per heavy atom. The summed E-state index contributed by atoms with van der Waals surface area (Å²) in [5, 5.41) is 4.58. The van der Waals surface area contributed by atoms with Crippen molar-refractivity contribution in [3.8, 4) is 0 Å². The topological polar surface area (TPSA) is 21.6 Å². The van der Waals surface area contributed by atoms with Gasteiger partial charge in [0.25, 0.3) is 0 Å². The number of allylic oxidation sites excluding steroid dienone is 5. The molecule has 0 spiro atoms. The van der Waals surface area contributed by atoms with Crippen molar-refractivity contribution in [2.24, 2.45) is 11.1 Å². The molecule has 1 saturated carbocycles. The van der Waals surface area contributed by atoms with Crippen LogP contribution >= 0.6 is 11.6 Å². The van der Waals surface area contributed by atoms with Gasteiger partial charge in [0.15, 0.2) is 0 Å². The molecule has 1 fully saturated rings. The molecule has 1 aliphatic rings. The summed E-state index contributed by atoms with van der Waals surface area (Å²) in [4.78, 5) is 4.85. The van der Waals surface area contributed by atoms with Crippen molar-refractivity contribution in [2.45, 2.75) is 19.8 Å². The summed E-state index contributed by atoms with van der Waals surface area (Å²) in [6.45, 7) is 5.58. The van der Waals surface area contributed by atoms with Crippen LogP contribution in [0.4, 0.5) is 0 Å². The Hall–Kier alpha value is -1.02. The molecule has 0 heterocycles. The summed E-state index contributed by atoms with van der Waals surface area (Å²) in [6.07, 6.45) is 8.08. The first-order valence-electron chi connectivity index (χ1n) is 4.99. The van der Waals surface area contributed by atoms with Gasteiger partial charge in [-0.15, -0.1) is 0 Å². The maximum atomic E-state index is 5.68. The van der Waals surface area contributed by atoms with E-state index in [1.807, 2.05) is 19.1 Å². The van der Waals surface area contributed by atoms with Crippen molar-refractivity contribution in [3.63, 3.8) is 0 Å². The van der Waals surface area contributed by atoms with E-state index in [0.29, 0.717) is 11.0 Å². The zero-order valence-electron chi connectivity index (χ0n) is 9.16. The summed E-state index contributed by atoms with van der Waals surface area (Å²) in [5.41, 5.74) is 2.07. The fraction of sp³-hybridized carbons (Fsp3) is 0.417. The van der Waals surface area contributed by atoms with Crippen molar-refractivity contribution < 1.29 is 4.84 Å². The van der Waals surface area contributed by atoms with E-state index in [1.165, 1.54) is 12.8 Å². The van der Waals surface area contributed by atoms with E-state index in [2.05, 4.69) is 11.7 Å². The molecule has 0 N–H and O–H groups in total. The third-order valence-corrected chi connectivity index (χ3v) is 2.33. The molecule has 0 aliphatic heterocycles. The van der Waals surface area contributed by atoms with E-state index in [4.69, 9.17) is 16.4 Å². The van der Waals surface area contributed by atoms with Crippen LogP contribution in [0.25, 0.3) is 0 Å². The highest BCUT2D eigenvalue weighted by Crippen LogP contribution is 2.33. The lowest BCUT2D eigenvalue weighted by molar-refractivity contribution is 0.212. The Kier molecular flexibility index (Phi) is 4.63. The summed E-state index contributed by atoms with van der Waals surface area (Å²) in [5.74, 6) is 0.546. The van der Waals surface area contributed by atoms with Crippen LogP contribution in [0.3, 0.4) is 0 Å². The van der Waals surface area contributed by atoms with E-state index in [-0.39, 0.29) is 0 Å². The van der Waals surface area contributed by atoms with Crippen LogP contribution in [0.1, 0.15) is 19.8 Å². The first-order valence-corrected chi connectivity index (χ1v) is 5.37. The first kappa shape index (κ1) is 12.1. The van der Waals surface area contributed by atoms with Crippen LogP contribution in [0, 0.1) is 5.92 Å². The van der Waals surface area contributed by atoms with Crippen LogP contribution in [-0.2, 0) is 4.84 Å². The number of hydrogen-bond donors (Lipinski definition) is 0.